The van der Waals surface area contributed by atoms with Gasteiger partial charge in [0.2, 0.25) is 0 Å². The number of nitrogens with one attached hydrogen (secondary N) is 2. The minimum atomic E-state index is 0.502. The lowest BCUT2D eigenvalue weighted by Gasteiger charge is -2.15. The highest BCUT2D eigenvalue weighted by molar-refractivity contribution is 5.77. The van der Waals surface area contributed by atoms with E-state index in [1.165, 1.54) is 6.33 Å². The molecule has 0 fully saturated rings. The zero-order valence-corrected chi connectivity index (χ0v) is 17.8. The molecule has 2 N–H and O–H groups in total. The molecule has 158 valence electrons. The Morgan fingerprint density at radius 3 is 2.48 bits per heavy atom. The van der Waals surface area contributed by atoms with Crippen LogP contribution in [-0.4, -0.2) is 41.3 Å². The first-order chi connectivity index (χ1) is 15.0. The van der Waals surface area contributed by atoms with Crippen molar-refractivity contribution in [3.05, 3.63) is 54.5 Å². The molecule has 4 aromatic rings. The van der Waals surface area contributed by atoms with E-state index in [4.69, 9.17) is 4.74 Å². The standard InChI is InChI=1S/C21H23N9O/c1-5-31-20-15(21-24-12-30(4)29-21)7-6-8-16(20)27-17-10-18(23-11-22-17)28-19-9-13(2)25-14(3)26-19/h6-12H,5H2,1-4H3,(H2,22,23,25,26,27,28). The summed E-state index contributed by atoms with van der Waals surface area (Å²) in [4.78, 5) is 21.6. The average Bonchev–Trinajstić information content (AvgIpc) is 3.15. The van der Waals surface area contributed by atoms with E-state index in [-0.39, 0.29) is 0 Å². The van der Waals surface area contributed by atoms with Crippen LogP contribution >= 0.6 is 0 Å². The number of nitrogens with zero attached hydrogens (tertiary/aromatic N) is 7. The van der Waals surface area contributed by atoms with E-state index in [9.17, 15) is 0 Å². The number of para-hydroxylation sites is 1. The number of ether oxygens (including phenoxy) is 1. The zero-order chi connectivity index (χ0) is 21.8. The maximum Gasteiger partial charge on any atom is 0.184 e. The second-order valence-corrected chi connectivity index (χ2v) is 6.84. The molecular formula is C21H23N9O. The second-order valence-electron chi connectivity index (χ2n) is 6.84. The molecule has 3 aromatic heterocycles. The molecule has 0 aliphatic carbocycles. The fraction of sp³-hybridized carbons (Fsp3) is 0.238. The van der Waals surface area contributed by atoms with Crippen LogP contribution in [0.25, 0.3) is 11.4 Å². The van der Waals surface area contributed by atoms with E-state index in [0.717, 1.165) is 16.9 Å². The topological polar surface area (TPSA) is 116 Å². The molecule has 0 bridgehead atoms. The summed E-state index contributed by atoms with van der Waals surface area (Å²) < 4.78 is 7.59. The molecule has 0 atom stereocenters. The molecule has 10 heteroatoms. The van der Waals surface area contributed by atoms with Crippen molar-refractivity contribution in [1.82, 2.24) is 34.7 Å². The summed E-state index contributed by atoms with van der Waals surface area (Å²) in [5.74, 6) is 3.83. The van der Waals surface area contributed by atoms with Crippen molar-refractivity contribution in [2.24, 2.45) is 7.05 Å². The smallest absolute Gasteiger partial charge is 0.184 e. The summed E-state index contributed by atoms with van der Waals surface area (Å²) >= 11 is 0. The first kappa shape index (κ1) is 20.2. The quantitative estimate of drug-likeness (QED) is 0.465. The number of hydrogen-bond donors (Lipinski definition) is 2. The van der Waals surface area contributed by atoms with Crippen LogP contribution in [0.2, 0.25) is 0 Å². The van der Waals surface area contributed by atoms with E-state index in [0.29, 0.717) is 41.5 Å². The van der Waals surface area contributed by atoms with E-state index in [1.807, 2.05) is 52.1 Å². The molecule has 0 amide bonds. The lowest BCUT2D eigenvalue weighted by molar-refractivity contribution is 0.343. The van der Waals surface area contributed by atoms with Gasteiger partial charge in [0, 0.05) is 24.9 Å². The highest BCUT2D eigenvalue weighted by Gasteiger charge is 2.15. The number of benzene rings is 1. The lowest BCUT2D eigenvalue weighted by atomic mass is 10.1. The summed E-state index contributed by atoms with van der Waals surface area (Å²) in [5.41, 5.74) is 2.43. The summed E-state index contributed by atoms with van der Waals surface area (Å²) in [5, 5.41) is 10.9. The average molecular weight is 417 g/mol. The van der Waals surface area contributed by atoms with Crippen molar-refractivity contribution in [3.8, 4) is 17.1 Å². The molecule has 0 radical (unpaired) electrons. The van der Waals surface area contributed by atoms with E-state index in [2.05, 4.69) is 40.7 Å². The van der Waals surface area contributed by atoms with Gasteiger partial charge >= 0.3 is 0 Å². The predicted molar refractivity (Wildman–Crippen MR) is 118 cm³/mol. The fourth-order valence-corrected chi connectivity index (χ4v) is 3.12. The van der Waals surface area contributed by atoms with E-state index >= 15 is 0 Å². The molecule has 0 saturated carbocycles. The summed E-state index contributed by atoms with van der Waals surface area (Å²) in [6.45, 7) is 6.21. The van der Waals surface area contributed by atoms with Gasteiger partial charge < -0.3 is 15.4 Å². The van der Waals surface area contributed by atoms with Crippen LogP contribution in [-0.2, 0) is 7.05 Å². The Bertz CT molecular complexity index is 1180. The zero-order valence-electron chi connectivity index (χ0n) is 17.8. The molecule has 0 spiro atoms. The van der Waals surface area contributed by atoms with Gasteiger partial charge in [0.1, 0.15) is 35.9 Å². The molecule has 3 heterocycles. The van der Waals surface area contributed by atoms with E-state index in [1.54, 1.807) is 17.1 Å². The number of aromatic nitrogens is 7. The number of anilines is 4. The molecule has 0 aliphatic rings. The van der Waals surface area contributed by atoms with Crippen molar-refractivity contribution >= 4 is 23.1 Å². The van der Waals surface area contributed by atoms with Gasteiger partial charge in [-0.2, -0.15) is 5.10 Å². The minimum absolute atomic E-state index is 0.502. The normalized spacial score (nSPS) is 10.7. The SMILES string of the molecule is CCOc1c(Nc2cc(Nc3cc(C)nc(C)n3)ncn2)cccc1-c1ncn(C)n1. The maximum atomic E-state index is 5.93. The first-order valence-corrected chi connectivity index (χ1v) is 9.82. The van der Waals surface area contributed by atoms with Crippen molar-refractivity contribution in [2.45, 2.75) is 20.8 Å². The Morgan fingerprint density at radius 2 is 1.77 bits per heavy atom. The Labute approximate surface area is 179 Å². The number of hydrogen-bond acceptors (Lipinski definition) is 9. The Balaban J connectivity index is 1.62. The Morgan fingerprint density at radius 1 is 0.968 bits per heavy atom. The third-order valence-electron chi connectivity index (χ3n) is 4.30. The molecule has 0 unspecified atom stereocenters. The van der Waals surface area contributed by atoms with Crippen molar-refractivity contribution in [1.29, 1.82) is 0 Å². The van der Waals surface area contributed by atoms with Gasteiger partial charge in [-0.3, -0.25) is 4.68 Å². The lowest BCUT2D eigenvalue weighted by Crippen LogP contribution is -2.04. The minimum Gasteiger partial charge on any atom is -0.491 e. The van der Waals surface area contributed by atoms with Gasteiger partial charge in [0.15, 0.2) is 11.6 Å². The monoisotopic (exact) mass is 417 g/mol. The highest BCUT2D eigenvalue weighted by atomic mass is 16.5. The van der Waals surface area contributed by atoms with Crippen molar-refractivity contribution in [2.75, 3.05) is 17.2 Å². The van der Waals surface area contributed by atoms with Crippen molar-refractivity contribution in [3.63, 3.8) is 0 Å². The molecule has 1 aromatic carbocycles. The molecule has 31 heavy (non-hydrogen) atoms. The van der Waals surface area contributed by atoms with Crippen LogP contribution in [0.4, 0.5) is 23.1 Å². The molecule has 0 saturated heterocycles. The van der Waals surface area contributed by atoms with Gasteiger partial charge in [0.25, 0.3) is 0 Å². The molecule has 0 aliphatic heterocycles. The summed E-state index contributed by atoms with van der Waals surface area (Å²) in [7, 11) is 1.83. The fourth-order valence-electron chi connectivity index (χ4n) is 3.12. The van der Waals surface area contributed by atoms with Crippen LogP contribution in [0.1, 0.15) is 18.4 Å². The van der Waals surface area contributed by atoms with Gasteiger partial charge in [-0.05, 0) is 32.9 Å². The number of aryl methyl sites for hydroxylation is 3. The highest BCUT2D eigenvalue weighted by Crippen LogP contribution is 2.36. The maximum absolute atomic E-state index is 5.93. The summed E-state index contributed by atoms with van der Waals surface area (Å²) in [6.07, 6.45) is 3.14. The first-order valence-electron chi connectivity index (χ1n) is 9.82. The van der Waals surface area contributed by atoms with Crippen LogP contribution < -0.4 is 15.4 Å². The number of rotatable bonds is 7. The van der Waals surface area contributed by atoms with Crippen LogP contribution in [0.15, 0.2) is 43.0 Å². The second kappa shape index (κ2) is 8.74. The predicted octanol–water partition coefficient (Wildman–Crippen LogP) is 3.56. The Kier molecular flexibility index (Phi) is 5.69. The van der Waals surface area contributed by atoms with Crippen LogP contribution in [0, 0.1) is 13.8 Å². The van der Waals surface area contributed by atoms with Gasteiger partial charge in [-0.25, -0.2) is 24.9 Å². The molecule has 4 rings (SSSR count). The third-order valence-corrected chi connectivity index (χ3v) is 4.30. The molecule has 10 nitrogen and oxygen atoms in total. The Hall–Kier alpha value is -4.08. The van der Waals surface area contributed by atoms with E-state index < -0.39 is 0 Å². The third kappa shape index (κ3) is 4.74. The van der Waals surface area contributed by atoms with Crippen LogP contribution in [0.5, 0.6) is 5.75 Å². The van der Waals surface area contributed by atoms with Gasteiger partial charge in [-0.15, -0.1) is 0 Å². The molecular weight excluding hydrogens is 394 g/mol. The van der Waals surface area contributed by atoms with Crippen molar-refractivity contribution < 1.29 is 4.74 Å². The van der Waals surface area contributed by atoms with Gasteiger partial charge in [0.05, 0.1) is 17.9 Å². The summed E-state index contributed by atoms with van der Waals surface area (Å²) in [6, 6.07) is 9.43. The van der Waals surface area contributed by atoms with Crippen LogP contribution in [0.3, 0.4) is 0 Å². The largest absolute Gasteiger partial charge is 0.491 e. The van der Waals surface area contributed by atoms with Gasteiger partial charge in [-0.1, -0.05) is 6.07 Å².